The van der Waals surface area contributed by atoms with Gasteiger partial charge in [0.2, 0.25) is 0 Å². The molecule has 1 aromatic heterocycles. The molecule has 27 heavy (non-hydrogen) atoms. The van der Waals surface area contributed by atoms with Crippen LogP contribution in [0.2, 0.25) is 0 Å². The van der Waals surface area contributed by atoms with Crippen LogP contribution in [0.1, 0.15) is 57.1 Å². The molecule has 1 aromatic carbocycles. The lowest BCUT2D eigenvalue weighted by atomic mass is 9.79. The minimum absolute atomic E-state index is 0. The molecule has 150 valence electrons. The molecule has 1 aliphatic carbocycles. The number of nitrogens with one attached hydrogen (secondary N) is 1. The molecule has 5 nitrogen and oxygen atoms in total. The van der Waals surface area contributed by atoms with Gasteiger partial charge in [0.25, 0.3) is 0 Å². The molecule has 2 aromatic rings. The lowest BCUT2D eigenvalue weighted by Gasteiger charge is -2.48. The summed E-state index contributed by atoms with van der Waals surface area (Å²) >= 11 is 0. The van der Waals surface area contributed by atoms with E-state index in [1.54, 1.807) is 0 Å². The number of rotatable bonds is 3. The maximum absolute atomic E-state index is 12.6. The molecule has 2 atom stereocenters. The molecule has 1 N–H and O–H groups in total. The van der Waals surface area contributed by atoms with Crippen LogP contribution in [0.4, 0.5) is 0 Å². The Morgan fingerprint density at radius 2 is 1.96 bits per heavy atom. The first-order valence-electron chi connectivity index (χ1n) is 9.99. The number of ether oxygens (including phenoxy) is 1. The molecule has 1 aliphatic heterocycles. The first kappa shape index (κ1) is 20.4. The second-order valence-corrected chi connectivity index (χ2v) is 8.49. The fourth-order valence-corrected chi connectivity index (χ4v) is 5.15. The summed E-state index contributed by atoms with van der Waals surface area (Å²) in [6.45, 7) is 6.60. The zero-order valence-electron chi connectivity index (χ0n) is 16.7. The van der Waals surface area contributed by atoms with Gasteiger partial charge in [-0.2, -0.15) is 0 Å². The molecule has 0 radical (unpaired) electrons. The molecule has 0 bridgehead atoms. The third kappa shape index (κ3) is 3.82. The summed E-state index contributed by atoms with van der Waals surface area (Å²) in [4.78, 5) is 18.2. The number of benzene rings is 1. The number of aromatic amines is 1. The highest BCUT2D eigenvalue weighted by atomic mass is 35.5. The van der Waals surface area contributed by atoms with Crippen LogP contribution >= 0.6 is 12.4 Å². The van der Waals surface area contributed by atoms with Gasteiger partial charge < -0.3 is 9.72 Å². The number of methoxy groups -OCH3 is 1. The van der Waals surface area contributed by atoms with E-state index in [1.165, 1.54) is 24.8 Å². The molecule has 2 aliphatic rings. The van der Waals surface area contributed by atoms with E-state index in [0.717, 1.165) is 43.4 Å². The van der Waals surface area contributed by atoms with Gasteiger partial charge in [-0.3, -0.25) is 9.47 Å². The van der Waals surface area contributed by atoms with E-state index < -0.39 is 0 Å². The molecular formula is C21H32ClN3O2. The first-order valence-corrected chi connectivity index (χ1v) is 9.99. The zero-order chi connectivity index (χ0) is 18.3. The number of fused-ring (bicyclic) bond motifs is 1. The van der Waals surface area contributed by atoms with Crippen molar-refractivity contribution in [3.05, 3.63) is 34.2 Å². The van der Waals surface area contributed by atoms with Crippen molar-refractivity contribution in [2.75, 3.05) is 20.2 Å². The first-order chi connectivity index (χ1) is 12.5. The van der Waals surface area contributed by atoms with Gasteiger partial charge in [0.1, 0.15) is 0 Å². The van der Waals surface area contributed by atoms with Gasteiger partial charge in [0, 0.05) is 31.8 Å². The molecule has 1 saturated heterocycles. The number of hydrogen-bond acceptors (Lipinski definition) is 3. The monoisotopic (exact) mass is 393 g/mol. The van der Waals surface area contributed by atoms with E-state index in [1.807, 2.05) is 17.7 Å². The molecule has 2 heterocycles. The number of likely N-dealkylation sites (tertiary alicyclic amines) is 1. The summed E-state index contributed by atoms with van der Waals surface area (Å²) < 4.78 is 7.66. The van der Waals surface area contributed by atoms with E-state index in [4.69, 9.17) is 4.74 Å². The van der Waals surface area contributed by atoms with Crippen molar-refractivity contribution in [1.82, 2.24) is 14.5 Å². The van der Waals surface area contributed by atoms with Crippen LogP contribution in [-0.4, -0.2) is 46.3 Å². The molecule has 2 fully saturated rings. The van der Waals surface area contributed by atoms with Crippen molar-refractivity contribution in [3.63, 3.8) is 0 Å². The Labute approximate surface area is 167 Å². The zero-order valence-corrected chi connectivity index (χ0v) is 17.5. The van der Waals surface area contributed by atoms with Crippen LogP contribution in [-0.2, 0) is 4.74 Å². The second-order valence-electron chi connectivity index (χ2n) is 8.49. The summed E-state index contributed by atoms with van der Waals surface area (Å²) in [5.41, 5.74) is 3.48. The fourth-order valence-electron chi connectivity index (χ4n) is 5.15. The van der Waals surface area contributed by atoms with Gasteiger partial charge in [-0.15, -0.1) is 12.4 Å². The minimum atomic E-state index is 0. The molecule has 1 saturated carbocycles. The van der Waals surface area contributed by atoms with Crippen molar-refractivity contribution in [3.8, 4) is 0 Å². The fraction of sp³-hybridized carbons (Fsp3) is 0.667. The summed E-state index contributed by atoms with van der Waals surface area (Å²) in [6.07, 6.45) is 7.28. The second kappa shape index (κ2) is 7.98. The Morgan fingerprint density at radius 3 is 2.67 bits per heavy atom. The highest BCUT2D eigenvalue weighted by Gasteiger charge is 2.39. The highest BCUT2D eigenvalue weighted by Crippen LogP contribution is 2.38. The lowest BCUT2D eigenvalue weighted by molar-refractivity contribution is -0.0287. The molecular weight excluding hydrogens is 362 g/mol. The average Bonchev–Trinajstić information content (AvgIpc) is 2.97. The van der Waals surface area contributed by atoms with Gasteiger partial charge in [-0.25, -0.2) is 4.79 Å². The van der Waals surface area contributed by atoms with Crippen molar-refractivity contribution in [2.24, 2.45) is 0 Å². The third-order valence-corrected chi connectivity index (χ3v) is 6.71. The number of nitrogens with zero attached hydrogens (tertiary/aromatic N) is 2. The van der Waals surface area contributed by atoms with Crippen molar-refractivity contribution >= 4 is 23.4 Å². The minimum Gasteiger partial charge on any atom is -0.381 e. The molecule has 0 spiro atoms. The Bertz CT molecular complexity index is 838. The molecule has 0 amide bonds. The smallest absolute Gasteiger partial charge is 0.326 e. The number of piperidine rings is 1. The number of aryl methyl sites for hydroxylation is 1. The van der Waals surface area contributed by atoms with Crippen molar-refractivity contribution in [2.45, 2.75) is 70.1 Å². The average molecular weight is 394 g/mol. The predicted octanol–water partition coefficient (Wildman–Crippen LogP) is 4.04. The lowest BCUT2D eigenvalue weighted by Crippen LogP contribution is -2.53. The normalized spacial score (nSPS) is 27.6. The maximum atomic E-state index is 12.6. The Morgan fingerprint density at radius 1 is 1.22 bits per heavy atom. The van der Waals surface area contributed by atoms with E-state index in [2.05, 4.69) is 35.9 Å². The topological polar surface area (TPSA) is 50.3 Å². The van der Waals surface area contributed by atoms with Gasteiger partial charge in [-0.1, -0.05) is 6.07 Å². The van der Waals surface area contributed by atoms with Crippen LogP contribution in [0.5, 0.6) is 0 Å². The largest absolute Gasteiger partial charge is 0.381 e. The summed E-state index contributed by atoms with van der Waals surface area (Å²) in [7, 11) is 1.84. The van der Waals surface area contributed by atoms with Gasteiger partial charge in [0.05, 0.1) is 17.1 Å². The standard InChI is InChI=1S/C21H31N3O2.ClH/c1-15-6-7-18-19(13-15)24(20(25)22-18)16-8-11-23(12-9-16)21(2)10-4-5-17(14-21)26-3;/h6-7,13,16-17H,4-5,8-12,14H2,1-3H3,(H,22,25);1H/t17-,21+;/m1./s1. The quantitative estimate of drug-likeness (QED) is 0.855. The van der Waals surface area contributed by atoms with Crippen LogP contribution in [0, 0.1) is 6.92 Å². The molecule has 6 heteroatoms. The third-order valence-electron chi connectivity index (χ3n) is 6.71. The van der Waals surface area contributed by atoms with Crippen LogP contribution in [0.15, 0.2) is 23.0 Å². The van der Waals surface area contributed by atoms with Gasteiger partial charge in [-0.05, 0) is 70.1 Å². The molecule has 0 unspecified atom stereocenters. The van der Waals surface area contributed by atoms with Crippen molar-refractivity contribution in [1.29, 1.82) is 0 Å². The predicted molar refractivity (Wildman–Crippen MR) is 112 cm³/mol. The SMILES string of the molecule is CO[C@@H]1CCC[C@](C)(N2CCC(n3c(=O)[nH]c4ccc(C)cc43)CC2)C1.Cl. The van der Waals surface area contributed by atoms with Crippen LogP contribution in [0.3, 0.4) is 0 Å². The van der Waals surface area contributed by atoms with Crippen molar-refractivity contribution < 1.29 is 4.74 Å². The number of H-pyrrole nitrogens is 1. The number of hydrogen-bond donors (Lipinski definition) is 1. The Hall–Kier alpha value is -1.30. The van der Waals surface area contributed by atoms with E-state index >= 15 is 0 Å². The van der Waals surface area contributed by atoms with Gasteiger partial charge >= 0.3 is 5.69 Å². The van der Waals surface area contributed by atoms with E-state index in [-0.39, 0.29) is 23.6 Å². The van der Waals surface area contributed by atoms with Crippen LogP contribution in [0.25, 0.3) is 11.0 Å². The van der Waals surface area contributed by atoms with Gasteiger partial charge in [0.15, 0.2) is 0 Å². The summed E-state index contributed by atoms with van der Waals surface area (Å²) in [5, 5.41) is 0. The Balaban J connectivity index is 0.00000210. The number of imidazole rings is 1. The molecule has 4 rings (SSSR count). The Kier molecular flexibility index (Phi) is 6.04. The highest BCUT2D eigenvalue weighted by molar-refractivity contribution is 5.85. The maximum Gasteiger partial charge on any atom is 0.326 e. The van der Waals surface area contributed by atoms with Crippen LogP contribution < -0.4 is 5.69 Å². The van der Waals surface area contributed by atoms with E-state index in [9.17, 15) is 4.79 Å². The summed E-state index contributed by atoms with van der Waals surface area (Å²) in [6, 6.07) is 6.50. The van der Waals surface area contributed by atoms with E-state index in [0.29, 0.717) is 12.1 Å². The number of aromatic nitrogens is 2. The summed E-state index contributed by atoms with van der Waals surface area (Å²) in [5.74, 6) is 0. The number of halogens is 1.